The van der Waals surface area contributed by atoms with Crippen molar-refractivity contribution in [2.75, 3.05) is 20.6 Å². The number of benzene rings is 2. The molecule has 122 valence electrons. The third kappa shape index (κ3) is 5.70. The molecular weight excluding hydrogens is 308 g/mol. The smallest absolute Gasteiger partial charge is 0.251 e. The summed E-state index contributed by atoms with van der Waals surface area (Å²) in [6.45, 7) is 1.00. The van der Waals surface area contributed by atoms with Gasteiger partial charge in [0.2, 0.25) is 0 Å². The SMILES string of the molecule is CN(C)CCCC(NC(=O)c1ccc(Cl)cc1)c1ccccc1. The van der Waals surface area contributed by atoms with Crippen molar-refractivity contribution in [1.82, 2.24) is 10.2 Å². The molecule has 0 heterocycles. The van der Waals surface area contributed by atoms with Crippen molar-refractivity contribution in [2.45, 2.75) is 18.9 Å². The Kier molecular flexibility index (Phi) is 6.63. The van der Waals surface area contributed by atoms with Crippen LogP contribution in [0.2, 0.25) is 5.02 Å². The predicted molar refractivity (Wildman–Crippen MR) is 95.9 cm³/mol. The standard InChI is InChI=1S/C19H23ClN2O/c1-22(2)14-6-9-18(15-7-4-3-5-8-15)21-19(23)16-10-12-17(20)13-11-16/h3-5,7-8,10-13,18H,6,9,14H2,1-2H3,(H,21,23). The molecule has 4 heteroatoms. The van der Waals surface area contributed by atoms with Gasteiger partial charge in [-0.2, -0.15) is 0 Å². The third-order valence-electron chi connectivity index (χ3n) is 3.71. The summed E-state index contributed by atoms with van der Waals surface area (Å²) in [6.07, 6.45) is 1.93. The molecule has 23 heavy (non-hydrogen) atoms. The Morgan fingerprint density at radius 1 is 1.09 bits per heavy atom. The molecule has 2 rings (SSSR count). The van der Waals surface area contributed by atoms with Crippen LogP contribution in [0.25, 0.3) is 0 Å². The molecule has 2 aromatic carbocycles. The molecule has 0 spiro atoms. The zero-order valence-electron chi connectivity index (χ0n) is 13.6. The summed E-state index contributed by atoms with van der Waals surface area (Å²) >= 11 is 5.88. The lowest BCUT2D eigenvalue weighted by molar-refractivity contribution is 0.0933. The summed E-state index contributed by atoms with van der Waals surface area (Å²) in [5, 5.41) is 3.77. The molecule has 0 saturated carbocycles. The number of rotatable bonds is 7. The first-order chi connectivity index (χ1) is 11.1. The Morgan fingerprint density at radius 2 is 1.74 bits per heavy atom. The minimum atomic E-state index is -0.0691. The van der Waals surface area contributed by atoms with E-state index < -0.39 is 0 Å². The molecule has 0 aromatic heterocycles. The van der Waals surface area contributed by atoms with E-state index in [4.69, 9.17) is 11.6 Å². The van der Waals surface area contributed by atoms with E-state index in [9.17, 15) is 4.79 Å². The normalized spacial score (nSPS) is 12.2. The van der Waals surface area contributed by atoms with Gasteiger partial charge < -0.3 is 10.2 Å². The lowest BCUT2D eigenvalue weighted by Crippen LogP contribution is -2.29. The van der Waals surface area contributed by atoms with Crippen molar-refractivity contribution >= 4 is 17.5 Å². The number of halogens is 1. The molecule has 1 atom stereocenters. The molecule has 1 N–H and O–H groups in total. The fourth-order valence-corrected chi connectivity index (χ4v) is 2.59. The first-order valence-electron chi connectivity index (χ1n) is 7.82. The van der Waals surface area contributed by atoms with E-state index in [1.807, 2.05) is 18.2 Å². The maximum atomic E-state index is 12.5. The molecule has 1 unspecified atom stereocenters. The summed E-state index contributed by atoms with van der Waals surface area (Å²) in [6, 6.07) is 17.1. The van der Waals surface area contributed by atoms with Gasteiger partial charge in [-0.05, 0) is 63.3 Å². The Bertz CT molecular complexity index is 611. The fourth-order valence-electron chi connectivity index (χ4n) is 2.46. The second-order valence-corrected chi connectivity index (χ2v) is 6.33. The van der Waals surface area contributed by atoms with Gasteiger partial charge in [0.15, 0.2) is 0 Å². The van der Waals surface area contributed by atoms with Crippen LogP contribution in [0.4, 0.5) is 0 Å². The van der Waals surface area contributed by atoms with Crippen LogP contribution in [0.3, 0.4) is 0 Å². The molecule has 0 saturated heterocycles. The Balaban J connectivity index is 2.07. The van der Waals surface area contributed by atoms with Gasteiger partial charge in [0.25, 0.3) is 5.91 Å². The molecule has 1 amide bonds. The van der Waals surface area contributed by atoms with Crippen LogP contribution in [-0.4, -0.2) is 31.4 Å². The third-order valence-corrected chi connectivity index (χ3v) is 3.96. The first kappa shape index (κ1) is 17.5. The van der Waals surface area contributed by atoms with Gasteiger partial charge in [-0.3, -0.25) is 4.79 Å². The van der Waals surface area contributed by atoms with Crippen LogP contribution in [-0.2, 0) is 0 Å². The molecule has 0 radical (unpaired) electrons. The van der Waals surface area contributed by atoms with Crippen LogP contribution in [0.5, 0.6) is 0 Å². The molecule has 0 aliphatic rings. The molecule has 0 bridgehead atoms. The van der Waals surface area contributed by atoms with Crippen molar-refractivity contribution in [3.05, 3.63) is 70.7 Å². The Labute approximate surface area is 143 Å². The van der Waals surface area contributed by atoms with Crippen LogP contribution < -0.4 is 5.32 Å². The van der Waals surface area contributed by atoms with Crippen molar-refractivity contribution in [1.29, 1.82) is 0 Å². The Hall–Kier alpha value is -1.84. The lowest BCUT2D eigenvalue weighted by Gasteiger charge is -2.20. The van der Waals surface area contributed by atoms with E-state index in [2.05, 4.69) is 36.4 Å². The molecule has 0 fully saturated rings. The number of hydrogen-bond acceptors (Lipinski definition) is 2. The van der Waals surface area contributed by atoms with Gasteiger partial charge in [-0.1, -0.05) is 41.9 Å². The zero-order chi connectivity index (χ0) is 16.7. The number of nitrogens with zero attached hydrogens (tertiary/aromatic N) is 1. The number of amides is 1. The topological polar surface area (TPSA) is 32.3 Å². The average Bonchev–Trinajstić information content (AvgIpc) is 2.55. The van der Waals surface area contributed by atoms with Gasteiger partial charge in [0, 0.05) is 10.6 Å². The van der Waals surface area contributed by atoms with Gasteiger partial charge in [0.1, 0.15) is 0 Å². The summed E-state index contributed by atoms with van der Waals surface area (Å²) in [4.78, 5) is 14.6. The van der Waals surface area contributed by atoms with Gasteiger partial charge in [0.05, 0.1) is 6.04 Å². The molecule has 3 nitrogen and oxygen atoms in total. The van der Waals surface area contributed by atoms with E-state index in [1.165, 1.54) is 0 Å². The highest BCUT2D eigenvalue weighted by Crippen LogP contribution is 2.19. The van der Waals surface area contributed by atoms with Crippen LogP contribution in [0.1, 0.15) is 34.8 Å². The molecular formula is C19H23ClN2O. The minimum absolute atomic E-state index is 0.0133. The monoisotopic (exact) mass is 330 g/mol. The molecule has 0 aliphatic carbocycles. The van der Waals surface area contributed by atoms with Crippen molar-refractivity contribution in [2.24, 2.45) is 0 Å². The van der Waals surface area contributed by atoms with Crippen LogP contribution >= 0.6 is 11.6 Å². The zero-order valence-corrected chi connectivity index (χ0v) is 14.4. The molecule has 2 aromatic rings. The number of carbonyl (C=O) groups excluding carboxylic acids is 1. The van der Waals surface area contributed by atoms with E-state index in [1.54, 1.807) is 24.3 Å². The van der Waals surface area contributed by atoms with E-state index in [0.29, 0.717) is 10.6 Å². The van der Waals surface area contributed by atoms with Crippen molar-refractivity contribution in [3.8, 4) is 0 Å². The highest BCUT2D eigenvalue weighted by atomic mass is 35.5. The van der Waals surface area contributed by atoms with Gasteiger partial charge >= 0.3 is 0 Å². The maximum absolute atomic E-state index is 12.5. The lowest BCUT2D eigenvalue weighted by atomic mass is 10.0. The summed E-state index contributed by atoms with van der Waals surface area (Å²) in [7, 11) is 4.12. The van der Waals surface area contributed by atoms with E-state index in [0.717, 1.165) is 24.9 Å². The largest absolute Gasteiger partial charge is 0.345 e. The predicted octanol–water partition coefficient (Wildman–Crippen LogP) is 4.15. The van der Waals surface area contributed by atoms with Crippen molar-refractivity contribution < 1.29 is 4.79 Å². The number of nitrogens with one attached hydrogen (secondary N) is 1. The number of carbonyl (C=O) groups is 1. The Morgan fingerprint density at radius 3 is 2.35 bits per heavy atom. The van der Waals surface area contributed by atoms with Gasteiger partial charge in [-0.15, -0.1) is 0 Å². The summed E-state index contributed by atoms with van der Waals surface area (Å²) in [5.41, 5.74) is 1.76. The highest BCUT2D eigenvalue weighted by Gasteiger charge is 2.15. The van der Waals surface area contributed by atoms with Crippen molar-refractivity contribution in [3.63, 3.8) is 0 Å². The second-order valence-electron chi connectivity index (χ2n) is 5.89. The number of hydrogen-bond donors (Lipinski definition) is 1. The summed E-state index contributed by atoms with van der Waals surface area (Å²) < 4.78 is 0. The van der Waals surface area contributed by atoms with E-state index in [-0.39, 0.29) is 11.9 Å². The van der Waals surface area contributed by atoms with Crippen LogP contribution in [0.15, 0.2) is 54.6 Å². The van der Waals surface area contributed by atoms with Gasteiger partial charge in [-0.25, -0.2) is 0 Å². The molecule has 0 aliphatic heterocycles. The van der Waals surface area contributed by atoms with Crippen LogP contribution in [0, 0.1) is 0 Å². The highest BCUT2D eigenvalue weighted by molar-refractivity contribution is 6.30. The minimum Gasteiger partial charge on any atom is -0.345 e. The first-order valence-corrected chi connectivity index (χ1v) is 8.20. The fraction of sp³-hybridized carbons (Fsp3) is 0.316. The quantitative estimate of drug-likeness (QED) is 0.827. The maximum Gasteiger partial charge on any atom is 0.251 e. The summed E-state index contributed by atoms with van der Waals surface area (Å²) in [5.74, 6) is -0.0691. The second kappa shape index (κ2) is 8.70. The average molecular weight is 331 g/mol. The van der Waals surface area contributed by atoms with E-state index >= 15 is 0 Å².